The summed E-state index contributed by atoms with van der Waals surface area (Å²) in [6.07, 6.45) is 1.76. The molecule has 1 aromatic carbocycles. The number of hydrogen-bond acceptors (Lipinski definition) is 3. The summed E-state index contributed by atoms with van der Waals surface area (Å²) in [5.74, 6) is 0.382. The third-order valence-corrected chi connectivity index (χ3v) is 2.51. The Morgan fingerprint density at radius 3 is 2.33 bits per heavy atom. The van der Waals surface area contributed by atoms with E-state index in [0.717, 1.165) is 18.6 Å². The molecular weight excluding hydrogens is 232 g/mol. The van der Waals surface area contributed by atoms with Crippen LogP contribution in [0.15, 0.2) is 24.3 Å². The number of carboxylic acid groups (broad SMARTS) is 1. The van der Waals surface area contributed by atoms with Crippen LogP contribution in [0.2, 0.25) is 0 Å². The molecule has 18 heavy (non-hydrogen) atoms. The lowest BCUT2D eigenvalue weighted by atomic mass is 10.2. The largest absolute Gasteiger partial charge is 0.494 e. The lowest BCUT2D eigenvalue weighted by molar-refractivity contribution is -0.145. The Kier molecular flexibility index (Phi) is 6.05. The molecule has 0 bridgehead atoms. The van der Waals surface area contributed by atoms with Crippen LogP contribution in [-0.2, 0) is 4.79 Å². The number of unbranched alkanes of at least 4 members (excludes halogenated alkanes) is 1. The van der Waals surface area contributed by atoms with Gasteiger partial charge in [-0.2, -0.15) is 0 Å². The zero-order valence-electron chi connectivity index (χ0n) is 10.9. The van der Waals surface area contributed by atoms with Gasteiger partial charge in [0.15, 0.2) is 6.10 Å². The molecule has 0 saturated heterocycles. The molecule has 0 radical (unpaired) electrons. The van der Waals surface area contributed by atoms with Gasteiger partial charge in [-0.05, 0) is 37.1 Å². The minimum atomic E-state index is -0.944. The average molecular weight is 252 g/mol. The molecule has 1 unspecified atom stereocenters. The number of ether oxygens (including phenoxy) is 2. The van der Waals surface area contributed by atoms with Crippen molar-refractivity contribution in [3.8, 4) is 11.5 Å². The Hall–Kier alpha value is -1.71. The molecule has 0 aliphatic heterocycles. The SMILES string of the molecule is CCCCOc1ccc(OC(CC)C(=O)O)cc1. The van der Waals surface area contributed by atoms with Crippen molar-refractivity contribution in [2.75, 3.05) is 6.61 Å². The standard InChI is InChI=1S/C14H20O4/c1-3-5-10-17-11-6-8-12(9-7-11)18-13(4-2)14(15)16/h6-9,13H,3-5,10H2,1-2H3,(H,15,16). The van der Waals surface area contributed by atoms with Gasteiger partial charge in [-0.3, -0.25) is 0 Å². The Labute approximate surface area is 108 Å². The van der Waals surface area contributed by atoms with E-state index in [1.165, 1.54) is 0 Å². The highest BCUT2D eigenvalue weighted by molar-refractivity contribution is 5.72. The van der Waals surface area contributed by atoms with E-state index in [2.05, 4.69) is 6.92 Å². The first kappa shape index (κ1) is 14.4. The molecule has 0 fully saturated rings. The predicted molar refractivity (Wildman–Crippen MR) is 69.2 cm³/mol. The van der Waals surface area contributed by atoms with Crippen molar-refractivity contribution < 1.29 is 19.4 Å². The molecule has 1 N–H and O–H groups in total. The van der Waals surface area contributed by atoms with E-state index in [-0.39, 0.29) is 0 Å². The van der Waals surface area contributed by atoms with Gasteiger partial charge in [-0.15, -0.1) is 0 Å². The summed E-state index contributed by atoms with van der Waals surface area (Å²) in [4.78, 5) is 10.8. The monoisotopic (exact) mass is 252 g/mol. The van der Waals surface area contributed by atoms with E-state index in [0.29, 0.717) is 18.8 Å². The van der Waals surface area contributed by atoms with E-state index in [9.17, 15) is 4.79 Å². The van der Waals surface area contributed by atoms with Crippen LogP contribution in [0.3, 0.4) is 0 Å². The summed E-state index contributed by atoms with van der Waals surface area (Å²) in [6.45, 7) is 4.58. The van der Waals surface area contributed by atoms with Crippen molar-refractivity contribution in [2.45, 2.75) is 39.2 Å². The highest BCUT2D eigenvalue weighted by atomic mass is 16.5. The van der Waals surface area contributed by atoms with Gasteiger partial charge >= 0.3 is 5.97 Å². The highest BCUT2D eigenvalue weighted by Crippen LogP contribution is 2.19. The molecule has 1 atom stereocenters. The molecule has 1 aromatic rings. The van der Waals surface area contributed by atoms with Crippen LogP contribution in [0, 0.1) is 0 Å². The quantitative estimate of drug-likeness (QED) is 0.722. The summed E-state index contributed by atoms with van der Waals surface area (Å²) in [5, 5.41) is 8.88. The van der Waals surface area contributed by atoms with Crippen LogP contribution in [0.5, 0.6) is 11.5 Å². The van der Waals surface area contributed by atoms with Crippen molar-refractivity contribution in [1.82, 2.24) is 0 Å². The van der Waals surface area contributed by atoms with Crippen LogP contribution in [0.4, 0.5) is 0 Å². The van der Waals surface area contributed by atoms with Crippen LogP contribution < -0.4 is 9.47 Å². The molecule has 0 aliphatic rings. The molecule has 0 aliphatic carbocycles. The van der Waals surface area contributed by atoms with Crippen molar-refractivity contribution in [3.63, 3.8) is 0 Å². The van der Waals surface area contributed by atoms with E-state index < -0.39 is 12.1 Å². The maximum atomic E-state index is 10.8. The number of carbonyl (C=O) groups is 1. The second kappa shape index (κ2) is 7.58. The van der Waals surface area contributed by atoms with Crippen molar-refractivity contribution in [3.05, 3.63) is 24.3 Å². The van der Waals surface area contributed by atoms with E-state index in [1.807, 2.05) is 0 Å². The van der Waals surface area contributed by atoms with Gasteiger partial charge in [-0.1, -0.05) is 20.3 Å². The van der Waals surface area contributed by atoms with Gasteiger partial charge in [0.1, 0.15) is 11.5 Å². The lowest BCUT2D eigenvalue weighted by Gasteiger charge is -2.13. The van der Waals surface area contributed by atoms with Crippen LogP contribution in [0.1, 0.15) is 33.1 Å². The average Bonchev–Trinajstić information content (AvgIpc) is 2.37. The third kappa shape index (κ3) is 4.65. The molecule has 4 nitrogen and oxygen atoms in total. The van der Waals surface area contributed by atoms with Crippen molar-refractivity contribution >= 4 is 5.97 Å². The fraction of sp³-hybridized carbons (Fsp3) is 0.500. The van der Waals surface area contributed by atoms with Crippen molar-refractivity contribution in [1.29, 1.82) is 0 Å². The summed E-state index contributed by atoms with van der Waals surface area (Å²) in [5.41, 5.74) is 0. The summed E-state index contributed by atoms with van der Waals surface area (Å²) in [7, 11) is 0. The first-order chi connectivity index (χ1) is 8.67. The zero-order valence-corrected chi connectivity index (χ0v) is 10.9. The number of hydrogen-bond donors (Lipinski definition) is 1. The first-order valence-corrected chi connectivity index (χ1v) is 6.29. The smallest absolute Gasteiger partial charge is 0.344 e. The molecule has 0 aromatic heterocycles. The highest BCUT2D eigenvalue weighted by Gasteiger charge is 2.16. The second-order valence-corrected chi connectivity index (χ2v) is 4.03. The van der Waals surface area contributed by atoms with Gasteiger partial charge in [-0.25, -0.2) is 4.79 Å². The molecule has 0 spiro atoms. The lowest BCUT2D eigenvalue weighted by Crippen LogP contribution is -2.25. The molecule has 0 amide bonds. The maximum absolute atomic E-state index is 10.8. The molecule has 0 heterocycles. The topological polar surface area (TPSA) is 55.8 Å². The van der Waals surface area contributed by atoms with Gasteiger partial charge in [0.25, 0.3) is 0 Å². The summed E-state index contributed by atoms with van der Waals surface area (Å²) < 4.78 is 10.9. The number of carboxylic acids is 1. The van der Waals surface area contributed by atoms with Crippen molar-refractivity contribution in [2.24, 2.45) is 0 Å². The second-order valence-electron chi connectivity index (χ2n) is 4.03. The molecule has 1 rings (SSSR count). The van der Waals surface area contributed by atoms with E-state index in [4.69, 9.17) is 14.6 Å². The van der Waals surface area contributed by atoms with Gasteiger partial charge in [0.05, 0.1) is 6.61 Å². The van der Waals surface area contributed by atoms with Gasteiger partial charge < -0.3 is 14.6 Å². The third-order valence-electron chi connectivity index (χ3n) is 2.51. The number of aliphatic carboxylic acids is 1. The van der Waals surface area contributed by atoms with E-state index in [1.54, 1.807) is 31.2 Å². The molecular formula is C14H20O4. The summed E-state index contributed by atoms with van der Waals surface area (Å²) >= 11 is 0. The Bertz CT molecular complexity index is 359. The molecule has 100 valence electrons. The minimum absolute atomic E-state index is 0.435. The van der Waals surface area contributed by atoms with Crippen LogP contribution in [0.25, 0.3) is 0 Å². The minimum Gasteiger partial charge on any atom is -0.494 e. The van der Waals surface area contributed by atoms with Crippen LogP contribution >= 0.6 is 0 Å². The fourth-order valence-corrected chi connectivity index (χ4v) is 1.42. The van der Waals surface area contributed by atoms with E-state index >= 15 is 0 Å². The maximum Gasteiger partial charge on any atom is 0.344 e. The van der Waals surface area contributed by atoms with Gasteiger partial charge in [0.2, 0.25) is 0 Å². The molecule has 0 saturated carbocycles. The Morgan fingerprint density at radius 1 is 1.22 bits per heavy atom. The Morgan fingerprint density at radius 2 is 1.83 bits per heavy atom. The number of benzene rings is 1. The molecule has 4 heteroatoms. The van der Waals surface area contributed by atoms with Crippen LogP contribution in [-0.4, -0.2) is 23.8 Å². The normalized spacial score (nSPS) is 11.9. The zero-order chi connectivity index (χ0) is 13.4. The predicted octanol–water partition coefficient (Wildman–Crippen LogP) is 3.11. The van der Waals surface area contributed by atoms with Gasteiger partial charge in [0, 0.05) is 0 Å². The number of rotatable bonds is 8. The summed E-state index contributed by atoms with van der Waals surface area (Å²) in [6, 6.07) is 7.04. The fourth-order valence-electron chi connectivity index (χ4n) is 1.42. The Balaban J connectivity index is 2.51. The first-order valence-electron chi connectivity index (χ1n) is 6.29.